The molecule has 1 fully saturated rings. The van der Waals surface area contributed by atoms with Crippen LogP contribution in [0.3, 0.4) is 0 Å². The minimum Gasteiger partial charge on any atom is -0.490 e. The number of hydrogen-bond acceptors (Lipinski definition) is 5. The molecule has 1 saturated carbocycles. The highest BCUT2D eigenvalue weighted by Gasteiger charge is 2.25. The van der Waals surface area contributed by atoms with Crippen molar-refractivity contribution in [1.29, 1.82) is 0 Å². The standard InChI is InChI=1S/C25H20N2O2S/c1-2-28-22-13-12-17(23-16-6-3-4-9-21(16)29-24(22)23)25-27-20(14-30-25)19-8-5-7-18(26-19)15-10-11-15/h3-9,12-15H,2,10-11H2,1H3. The van der Waals surface area contributed by atoms with Crippen LogP contribution in [0.15, 0.2) is 64.4 Å². The molecule has 0 unspecified atom stereocenters. The van der Waals surface area contributed by atoms with Gasteiger partial charge in [-0.25, -0.2) is 4.98 Å². The van der Waals surface area contributed by atoms with Crippen molar-refractivity contribution in [2.75, 3.05) is 6.61 Å². The van der Waals surface area contributed by atoms with Crippen LogP contribution in [0.2, 0.25) is 0 Å². The SMILES string of the molecule is CCOc1ccc(-c2nc(-c3cccc(C4CC4)n3)cs2)c2c1oc1ccccc12. The summed E-state index contributed by atoms with van der Waals surface area (Å²) in [5, 5.41) is 5.19. The maximum Gasteiger partial charge on any atom is 0.177 e. The van der Waals surface area contributed by atoms with Gasteiger partial charge in [-0.1, -0.05) is 24.3 Å². The number of furan rings is 1. The van der Waals surface area contributed by atoms with Crippen LogP contribution in [0.4, 0.5) is 0 Å². The van der Waals surface area contributed by atoms with E-state index < -0.39 is 0 Å². The van der Waals surface area contributed by atoms with Crippen LogP contribution in [0.25, 0.3) is 43.9 Å². The van der Waals surface area contributed by atoms with Gasteiger partial charge in [0.1, 0.15) is 16.3 Å². The Labute approximate surface area is 178 Å². The fourth-order valence-electron chi connectivity index (χ4n) is 3.97. The lowest BCUT2D eigenvalue weighted by Gasteiger charge is -2.06. The maximum atomic E-state index is 6.18. The molecule has 3 aromatic heterocycles. The van der Waals surface area contributed by atoms with E-state index in [1.807, 2.05) is 37.3 Å². The Morgan fingerprint density at radius 3 is 2.77 bits per heavy atom. The summed E-state index contributed by atoms with van der Waals surface area (Å²) in [6.45, 7) is 2.58. The molecule has 6 rings (SSSR count). The summed E-state index contributed by atoms with van der Waals surface area (Å²) in [6, 6.07) is 18.5. The first-order chi connectivity index (χ1) is 14.8. The molecule has 0 spiro atoms. The molecule has 0 aliphatic heterocycles. The van der Waals surface area contributed by atoms with Crippen molar-refractivity contribution in [2.45, 2.75) is 25.7 Å². The Kier molecular flexibility index (Phi) is 4.09. The average Bonchev–Trinajstić information content (AvgIpc) is 3.39. The van der Waals surface area contributed by atoms with E-state index in [1.54, 1.807) is 11.3 Å². The minimum absolute atomic E-state index is 0.593. The Hall–Kier alpha value is -3.18. The van der Waals surface area contributed by atoms with E-state index in [2.05, 4.69) is 29.6 Å². The van der Waals surface area contributed by atoms with Crippen molar-refractivity contribution in [3.8, 4) is 27.7 Å². The first-order valence-corrected chi connectivity index (χ1v) is 11.2. The highest BCUT2D eigenvalue weighted by atomic mass is 32.1. The number of thiazole rings is 1. The second-order valence-corrected chi connectivity index (χ2v) is 8.46. The van der Waals surface area contributed by atoms with E-state index >= 15 is 0 Å². The molecule has 0 amide bonds. The number of pyridine rings is 1. The summed E-state index contributed by atoms with van der Waals surface area (Å²) >= 11 is 1.64. The summed E-state index contributed by atoms with van der Waals surface area (Å²) in [5.74, 6) is 1.40. The Balaban J connectivity index is 1.50. The Bertz CT molecular complexity index is 1380. The summed E-state index contributed by atoms with van der Waals surface area (Å²) in [6.07, 6.45) is 2.49. The van der Waals surface area contributed by atoms with E-state index in [-0.39, 0.29) is 0 Å². The van der Waals surface area contributed by atoms with Gasteiger partial charge in [0.2, 0.25) is 0 Å². The number of para-hydroxylation sites is 1. The van der Waals surface area contributed by atoms with Crippen LogP contribution in [-0.4, -0.2) is 16.6 Å². The third-order valence-corrected chi connectivity index (χ3v) is 6.43. The molecule has 2 aromatic carbocycles. The second kappa shape index (κ2) is 6.96. The van der Waals surface area contributed by atoms with Crippen LogP contribution >= 0.6 is 11.3 Å². The van der Waals surface area contributed by atoms with Gasteiger partial charge in [-0.05, 0) is 50.1 Å². The molecule has 30 heavy (non-hydrogen) atoms. The lowest BCUT2D eigenvalue weighted by atomic mass is 10.1. The highest BCUT2D eigenvalue weighted by Crippen LogP contribution is 2.43. The average molecular weight is 413 g/mol. The molecular weight excluding hydrogens is 392 g/mol. The zero-order valence-electron chi connectivity index (χ0n) is 16.6. The largest absolute Gasteiger partial charge is 0.490 e. The quantitative estimate of drug-likeness (QED) is 0.310. The van der Waals surface area contributed by atoms with E-state index in [1.165, 1.54) is 18.5 Å². The Morgan fingerprint density at radius 1 is 1.00 bits per heavy atom. The van der Waals surface area contributed by atoms with Gasteiger partial charge in [-0.3, -0.25) is 4.98 Å². The molecule has 5 aromatic rings. The molecule has 0 saturated heterocycles. The molecule has 5 heteroatoms. The maximum absolute atomic E-state index is 6.18. The van der Waals surface area contributed by atoms with Crippen LogP contribution < -0.4 is 4.74 Å². The molecule has 0 bridgehead atoms. The molecule has 0 N–H and O–H groups in total. The van der Waals surface area contributed by atoms with Crippen molar-refractivity contribution in [3.63, 3.8) is 0 Å². The number of aromatic nitrogens is 2. The van der Waals surface area contributed by atoms with Gasteiger partial charge in [0.15, 0.2) is 11.3 Å². The van der Waals surface area contributed by atoms with Crippen LogP contribution in [-0.2, 0) is 0 Å². The molecule has 0 atom stereocenters. The van der Waals surface area contributed by atoms with Crippen molar-refractivity contribution < 1.29 is 9.15 Å². The first kappa shape index (κ1) is 17.7. The van der Waals surface area contributed by atoms with Gasteiger partial charge in [-0.15, -0.1) is 11.3 Å². The van der Waals surface area contributed by atoms with Crippen molar-refractivity contribution in [1.82, 2.24) is 9.97 Å². The van der Waals surface area contributed by atoms with Crippen LogP contribution in [0.1, 0.15) is 31.4 Å². The lowest BCUT2D eigenvalue weighted by molar-refractivity contribution is 0.339. The predicted octanol–water partition coefficient (Wildman–Crippen LogP) is 7.05. The number of ether oxygens (including phenoxy) is 1. The summed E-state index contributed by atoms with van der Waals surface area (Å²) < 4.78 is 12.0. The van der Waals surface area contributed by atoms with Crippen molar-refractivity contribution >= 4 is 33.3 Å². The number of rotatable bonds is 5. The second-order valence-electron chi connectivity index (χ2n) is 7.61. The molecule has 1 aliphatic carbocycles. The van der Waals surface area contributed by atoms with Gasteiger partial charge >= 0.3 is 0 Å². The summed E-state index contributed by atoms with van der Waals surface area (Å²) in [4.78, 5) is 9.82. The van der Waals surface area contributed by atoms with Gasteiger partial charge in [0.05, 0.1) is 12.3 Å². The Morgan fingerprint density at radius 2 is 1.90 bits per heavy atom. The lowest BCUT2D eigenvalue weighted by Crippen LogP contribution is -1.92. The molecule has 1 aliphatic rings. The predicted molar refractivity (Wildman–Crippen MR) is 121 cm³/mol. The number of nitrogens with zero attached hydrogens (tertiary/aromatic N) is 2. The highest BCUT2D eigenvalue weighted by molar-refractivity contribution is 7.13. The van der Waals surface area contributed by atoms with Gasteiger partial charge in [0, 0.05) is 33.3 Å². The minimum atomic E-state index is 0.593. The van der Waals surface area contributed by atoms with E-state index in [9.17, 15) is 0 Å². The van der Waals surface area contributed by atoms with E-state index in [0.717, 1.165) is 49.6 Å². The molecule has 0 radical (unpaired) electrons. The third kappa shape index (κ3) is 2.89. The number of fused-ring (bicyclic) bond motifs is 3. The fraction of sp³-hybridized carbons (Fsp3) is 0.200. The molecule has 4 nitrogen and oxygen atoms in total. The summed E-state index contributed by atoms with van der Waals surface area (Å²) in [5.41, 5.74) is 5.76. The molecule has 3 heterocycles. The summed E-state index contributed by atoms with van der Waals surface area (Å²) in [7, 11) is 0. The van der Waals surface area contributed by atoms with E-state index in [0.29, 0.717) is 12.5 Å². The van der Waals surface area contributed by atoms with Crippen molar-refractivity contribution in [3.05, 3.63) is 65.7 Å². The normalized spacial score (nSPS) is 13.9. The molecular formula is C25H20N2O2S. The zero-order chi connectivity index (χ0) is 20.1. The number of benzene rings is 2. The van der Waals surface area contributed by atoms with Crippen molar-refractivity contribution in [2.24, 2.45) is 0 Å². The van der Waals surface area contributed by atoms with Gasteiger partial charge < -0.3 is 9.15 Å². The van der Waals surface area contributed by atoms with Gasteiger partial charge in [0.25, 0.3) is 0 Å². The number of hydrogen-bond donors (Lipinski definition) is 0. The molecule has 148 valence electrons. The van der Waals surface area contributed by atoms with Crippen LogP contribution in [0, 0.1) is 0 Å². The fourth-order valence-corrected chi connectivity index (χ4v) is 4.81. The van der Waals surface area contributed by atoms with Crippen LogP contribution in [0.5, 0.6) is 5.75 Å². The van der Waals surface area contributed by atoms with E-state index in [4.69, 9.17) is 19.1 Å². The zero-order valence-corrected chi connectivity index (χ0v) is 17.4. The third-order valence-electron chi connectivity index (χ3n) is 5.55. The topological polar surface area (TPSA) is 48.2 Å². The smallest absolute Gasteiger partial charge is 0.177 e. The first-order valence-electron chi connectivity index (χ1n) is 10.3. The monoisotopic (exact) mass is 412 g/mol. The van der Waals surface area contributed by atoms with Gasteiger partial charge in [-0.2, -0.15) is 0 Å².